The van der Waals surface area contributed by atoms with Crippen molar-refractivity contribution in [2.45, 2.75) is 32.8 Å². The number of hydrogen-bond acceptors (Lipinski definition) is 5. The molecule has 1 N–H and O–H groups in total. The standard InChI is InChI=1S/C15H18N2O4/c1-5-15(3,20-4)14(19)17-12-6-7-13(21-10(2)18)11(8-12)9-16/h6-8H,5H2,1-4H3,(H,17,19)/t15-/m1/s1. The van der Waals surface area contributed by atoms with Crippen LogP contribution in [0.5, 0.6) is 5.75 Å². The lowest BCUT2D eigenvalue weighted by atomic mass is 10.0. The van der Waals surface area contributed by atoms with E-state index in [1.807, 2.05) is 13.0 Å². The molecule has 0 saturated carbocycles. The van der Waals surface area contributed by atoms with Crippen LogP contribution in [-0.4, -0.2) is 24.6 Å². The van der Waals surface area contributed by atoms with Crippen LogP contribution in [0.3, 0.4) is 0 Å². The molecule has 1 aromatic carbocycles. The summed E-state index contributed by atoms with van der Waals surface area (Å²) in [5.41, 5.74) is -0.343. The molecule has 0 fully saturated rings. The highest BCUT2D eigenvalue weighted by molar-refractivity contribution is 5.97. The summed E-state index contributed by atoms with van der Waals surface area (Å²) >= 11 is 0. The summed E-state index contributed by atoms with van der Waals surface area (Å²) < 4.78 is 10.1. The van der Waals surface area contributed by atoms with Crippen molar-refractivity contribution in [2.24, 2.45) is 0 Å². The van der Waals surface area contributed by atoms with Crippen LogP contribution in [0.15, 0.2) is 18.2 Å². The number of esters is 1. The number of nitrogens with one attached hydrogen (secondary N) is 1. The van der Waals surface area contributed by atoms with Gasteiger partial charge in [-0.25, -0.2) is 0 Å². The van der Waals surface area contributed by atoms with E-state index in [9.17, 15) is 9.59 Å². The van der Waals surface area contributed by atoms with Crippen molar-refractivity contribution in [1.29, 1.82) is 5.26 Å². The molecule has 1 aromatic rings. The second-order valence-corrected chi connectivity index (χ2v) is 4.66. The second-order valence-electron chi connectivity index (χ2n) is 4.66. The SMILES string of the molecule is CC[C@@](C)(OC)C(=O)Nc1ccc(OC(C)=O)c(C#N)c1. The average Bonchev–Trinajstić information content (AvgIpc) is 2.47. The van der Waals surface area contributed by atoms with Gasteiger partial charge in [-0.2, -0.15) is 5.26 Å². The second kappa shape index (κ2) is 6.86. The molecule has 0 aliphatic rings. The van der Waals surface area contributed by atoms with E-state index < -0.39 is 11.6 Å². The van der Waals surface area contributed by atoms with Crippen LogP contribution in [0.4, 0.5) is 5.69 Å². The van der Waals surface area contributed by atoms with Crippen molar-refractivity contribution >= 4 is 17.6 Å². The number of ether oxygens (including phenoxy) is 2. The lowest BCUT2D eigenvalue weighted by Gasteiger charge is -2.25. The topological polar surface area (TPSA) is 88.4 Å². The maximum absolute atomic E-state index is 12.2. The molecule has 0 aliphatic heterocycles. The molecule has 0 radical (unpaired) electrons. The molecular weight excluding hydrogens is 272 g/mol. The van der Waals surface area contributed by atoms with Crippen LogP contribution in [0, 0.1) is 11.3 Å². The average molecular weight is 290 g/mol. The number of rotatable bonds is 5. The number of hydrogen-bond donors (Lipinski definition) is 1. The zero-order valence-corrected chi connectivity index (χ0v) is 12.5. The molecule has 1 rings (SSSR count). The van der Waals surface area contributed by atoms with E-state index in [4.69, 9.17) is 14.7 Å². The van der Waals surface area contributed by atoms with Crippen LogP contribution < -0.4 is 10.1 Å². The Balaban J connectivity index is 2.99. The summed E-state index contributed by atoms with van der Waals surface area (Å²) in [6.45, 7) is 4.77. The first-order chi connectivity index (χ1) is 9.86. The van der Waals surface area contributed by atoms with Gasteiger partial charge in [-0.15, -0.1) is 0 Å². The third kappa shape index (κ3) is 4.04. The molecular formula is C15H18N2O4. The van der Waals surface area contributed by atoms with Crippen molar-refractivity contribution in [3.8, 4) is 11.8 Å². The molecule has 0 unspecified atom stereocenters. The summed E-state index contributed by atoms with van der Waals surface area (Å²) in [5.74, 6) is -0.661. The zero-order chi connectivity index (χ0) is 16.0. The van der Waals surface area contributed by atoms with Crippen LogP contribution >= 0.6 is 0 Å². The number of carbonyl (C=O) groups excluding carboxylic acids is 2. The molecule has 0 bridgehead atoms. The van der Waals surface area contributed by atoms with Gasteiger partial charge in [-0.1, -0.05) is 6.92 Å². The third-order valence-corrected chi connectivity index (χ3v) is 3.22. The van der Waals surface area contributed by atoms with E-state index in [2.05, 4.69) is 5.32 Å². The van der Waals surface area contributed by atoms with Gasteiger partial charge in [-0.3, -0.25) is 9.59 Å². The number of amides is 1. The van der Waals surface area contributed by atoms with E-state index in [-0.39, 0.29) is 17.2 Å². The maximum Gasteiger partial charge on any atom is 0.308 e. The number of carbonyl (C=O) groups is 2. The Morgan fingerprint density at radius 2 is 2.10 bits per heavy atom. The first-order valence-electron chi connectivity index (χ1n) is 6.45. The lowest BCUT2D eigenvalue weighted by molar-refractivity contribution is -0.136. The van der Waals surface area contributed by atoms with Crippen molar-refractivity contribution in [2.75, 3.05) is 12.4 Å². The van der Waals surface area contributed by atoms with Gasteiger partial charge >= 0.3 is 5.97 Å². The van der Waals surface area contributed by atoms with Crippen molar-refractivity contribution in [3.05, 3.63) is 23.8 Å². The molecule has 6 heteroatoms. The molecule has 0 heterocycles. The summed E-state index contributed by atoms with van der Waals surface area (Å²) in [6.07, 6.45) is 0.506. The first kappa shape index (κ1) is 16.7. The highest BCUT2D eigenvalue weighted by atomic mass is 16.5. The number of benzene rings is 1. The van der Waals surface area contributed by atoms with Gasteiger partial charge in [0.1, 0.15) is 17.4 Å². The molecule has 112 valence electrons. The summed E-state index contributed by atoms with van der Waals surface area (Å²) in [7, 11) is 1.47. The fourth-order valence-corrected chi connectivity index (χ4v) is 1.60. The summed E-state index contributed by atoms with van der Waals surface area (Å²) in [4.78, 5) is 23.1. The van der Waals surface area contributed by atoms with Crippen LogP contribution in [0.1, 0.15) is 32.8 Å². The van der Waals surface area contributed by atoms with Gasteiger partial charge < -0.3 is 14.8 Å². The predicted octanol–water partition coefficient (Wildman–Crippen LogP) is 2.24. The Kier molecular flexibility index (Phi) is 5.44. The Hall–Kier alpha value is -2.39. The van der Waals surface area contributed by atoms with Crippen molar-refractivity contribution < 1.29 is 19.1 Å². The molecule has 0 aromatic heterocycles. The largest absolute Gasteiger partial charge is 0.425 e. The zero-order valence-electron chi connectivity index (χ0n) is 12.5. The van der Waals surface area contributed by atoms with Crippen molar-refractivity contribution in [1.82, 2.24) is 0 Å². The van der Waals surface area contributed by atoms with Gasteiger partial charge in [0.25, 0.3) is 5.91 Å². The van der Waals surface area contributed by atoms with Gasteiger partial charge in [0, 0.05) is 19.7 Å². The Morgan fingerprint density at radius 3 is 2.57 bits per heavy atom. The van der Waals surface area contributed by atoms with Gasteiger partial charge in [0.2, 0.25) is 0 Å². The van der Waals surface area contributed by atoms with E-state index in [0.717, 1.165) is 0 Å². The number of nitrogens with zero attached hydrogens (tertiary/aromatic N) is 1. The van der Waals surface area contributed by atoms with Crippen LogP contribution in [0.2, 0.25) is 0 Å². The Morgan fingerprint density at radius 1 is 1.43 bits per heavy atom. The van der Waals surface area contributed by atoms with Gasteiger partial charge in [0.05, 0.1) is 5.56 Å². The first-order valence-corrected chi connectivity index (χ1v) is 6.45. The lowest BCUT2D eigenvalue weighted by Crippen LogP contribution is -2.41. The normalized spacial score (nSPS) is 12.9. The van der Waals surface area contributed by atoms with Crippen molar-refractivity contribution in [3.63, 3.8) is 0 Å². The molecule has 21 heavy (non-hydrogen) atoms. The van der Waals surface area contributed by atoms with E-state index in [0.29, 0.717) is 12.1 Å². The van der Waals surface area contributed by atoms with Crippen LogP contribution in [-0.2, 0) is 14.3 Å². The van der Waals surface area contributed by atoms with E-state index in [1.165, 1.54) is 26.2 Å². The maximum atomic E-state index is 12.2. The predicted molar refractivity (Wildman–Crippen MR) is 76.8 cm³/mol. The highest BCUT2D eigenvalue weighted by Gasteiger charge is 2.31. The quantitative estimate of drug-likeness (QED) is 0.663. The highest BCUT2D eigenvalue weighted by Crippen LogP contribution is 2.24. The molecule has 1 atom stereocenters. The minimum Gasteiger partial charge on any atom is -0.425 e. The molecule has 0 saturated heterocycles. The van der Waals surface area contributed by atoms with E-state index >= 15 is 0 Å². The number of nitriles is 1. The molecule has 0 aliphatic carbocycles. The molecule has 0 spiro atoms. The van der Waals surface area contributed by atoms with Gasteiger partial charge in [0.15, 0.2) is 0 Å². The Bertz CT molecular complexity index is 586. The molecule has 6 nitrogen and oxygen atoms in total. The fourth-order valence-electron chi connectivity index (χ4n) is 1.60. The molecule has 1 amide bonds. The summed E-state index contributed by atoms with van der Waals surface area (Å²) in [5, 5.41) is 11.7. The smallest absolute Gasteiger partial charge is 0.308 e. The minimum absolute atomic E-state index is 0.160. The summed E-state index contributed by atoms with van der Waals surface area (Å²) in [6, 6.07) is 6.39. The monoisotopic (exact) mass is 290 g/mol. The fraction of sp³-hybridized carbons (Fsp3) is 0.400. The van der Waals surface area contributed by atoms with Gasteiger partial charge in [-0.05, 0) is 31.5 Å². The number of anilines is 1. The third-order valence-electron chi connectivity index (χ3n) is 3.22. The minimum atomic E-state index is -0.943. The van der Waals surface area contributed by atoms with E-state index in [1.54, 1.807) is 13.0 Å². The number of methoxy groups -OCH3 is 1. The van der Waals surface area contributed by atoms with Crippen LogP contribution in [0.25, 0.3) is 0 Å². The Labute approximate surface area is 123 Å².